The fourth-order valence-corrected chi connectivity index (χ4v) is 3.78. The third-order valence-electron chi connectivity index (χ3n) is 5.19. The van der Waals surface area contributed by atoms with E-state index in [9.17, 15) is 10.5 Å². The van der Waals surface area contributed by atoms with Crippen LogP contribution in [-0.2, 0) is 26.2 Å². The van der Waals surface area contributed by atoms with Crippen LogP contribution in [0, 0.1) is 22.7 Å². The summed E-state index contributed by atoms with van der Waals surface area (Å²) in [6, 6.07) is 20.7. The van der Waals surface area contributed by atoms with Crippen LogP contribution < -0.4 is 0 Å². The molecule has 2 aromatic rings. The lowest BCUT2D eigenvalue weighted by Crippen LogP contribution is -2.32. The Morgan fingerprint density at radius 1 is 0.862 bits per heavy atom. The number of allylic oxidation sites excluding steroid dienone is 1. The summed E-state index contributed by atoms with van der Waals surface area (Å²) >= 11 is 0. The maximum atomic E-state index is 9.70. The van der Waals surface area contributed by atoms with Crippen molar-refractivity contribution in [3.63, 3.8) is 0 Å². The summed E-state index contributed by atoms with van der Waals surface area (Å²) in [6.45, 7) is 2.77. The predicted molar refractivity (Wildman–Crippen MR) is 111 cm³/mol. The molecule has 2 aliphatic rings. The van der Waals surface area contributed by atoms with Crippen LogP contribution in [0.2, 0.25) is 0 Å². The highest BCUT2D eigenvalue weighted by molar-refractivity contribution is 6.47. The van der Waals surface area contributed by atoms with Gasteiger partial charge in [0.15, 0.2) is 17.2 Å². The Bertz CT molecular complexity index is 1060. The Morgan fingerprint density at radius 3 is 1.83 bits per heavy atom. The van der Waals surface area contributed by atoms with E-state index in [2.05, 4.69) is 51.3 Å². The van der Waals surface area contributed by atoms with Crippen LogP contribution in [0.4, 0.5) is 0 Å². The topological polar surface area (TPSA) is 78.8 Å². The van der Waals surface area contributed by atoms with Gasteiger partial charge >= 0.3 is 0 Å². The number of aliphatic imine (C=N–C) groups is 2. The maximum absolute atomic E-state index is 9.70. The van der Waals surface area contributed by atoms with Crippen LogP contribution in [-0.4, -0.2) is 28.4 Å². The van der Waals surface area contributed by atoms with Crippen LogP contribution >= 0.6 is 0 Å². The molecule has 0 N–H and O–H groups in total. The van der Waals surface area contributed by atoms with Gasteiger partial charge in [-0.3, -0.25) is 4.99 Å². The molecule has 0 fully saturated rings. The highest BCUT2D eigenvalue weighted by atomic mass is 15.2. The minimum Gasteiger partial charge on any atom is -0.366 e. The van der Waals surface area contributed by atoms with E-state index in [1.165, 1.54) is 22.3 Å². The molecule has 0 atom stereocenters. The normalized spacial score (nSPS) is 16.3. The van der Waals surface area contributed by atoms with Gasteiger partial charge in [0.25, 0.3) is 0 Å². The van der Waals surface area contributed by atoms with Crippen molar-refractivity contribution < 1.29 is 0 Å². The number of rotatable bonds is 3. The maximum Gasteiger partial charge on any atom is 0.178 e. The number of hydrogen-bond donors (Lipinski definition) is 0. The summed E-state index contributed by atoms with van der Waals surface area (Å²) < 4.78 is 0. The second-order valence-electron chi connectivity index (χ2n) is 7.04. The molecule has 0 saturated carbocycles. The third kappa shape index (κ3) is 3.74. The number of benzene rings is 2. The Morgan fingerprint density at radius 2 is 1.38 bits per heavy atom. The van der Waals surface area contributed by atoms with Gasteiger partial charge in [-0.2, -0.15) is 10.5 Å². The number of hydrogen-bond acceptors (Lipinski definition) is 5. The van der Waals surface area contributed by atoms with Gasteiger partial charge in [0.1, 0.15) is 12.1 Å². The van der Waals surface area contributed by atoms with Crippen LogP contribution in [0.25, 0.3) is 0 Å². The van der Waals surface area contributed by atoms with Gasteiger partial charge in [0, 0.05) is 39.4 Å². The lowest BCUT2D eigenvalue weighted by atomic mass is 10.1. The molecule has 0 radical (unpaired) electrons. The van der Waals surface area contributed by atoms with Gasteiger partial charge in [-0.15, -0.1) is 0 Å². The summed E-state index contributed by atoms with van der Waals surface area (Å²) in [5.74, 6) is 0.440. The Balaban J connectivity index is 1.64. The molecular formula is C23H20N6. The van der Waals surface area contributed by atoms with Crippen molar-refractivity contribution in [2.24, 2.45) is 9.98 Å². The van der Waals surface area contributed by atoms with Crippen molar-refractivity contribution in [3.05, 3.63) is 82.7 Å². The molecule has 6 nitrogen and oxygen atoms in total. The molecule has 4 rings (SSSR count). The SMILES string of the molecule is CN=C(C#N)C(=N/C(C#N)=C/N1Cc2ccccc2C1)N1Cc2ccccc2C1. The van der Waals surface area contributed by atoms with E-state index in [0.29, 0.717) is 18.9 Å². The summed E-state index contributed by atoms with van der Waals surface area (Å²) in [4.78, 5) is 12.7. The summed E-state index contributed by atoms with van der Waals surface area (Å²) in [7, 11) is 1.57. The molecule has 142 valence electrons. The van der Waals surface area contributed by atoms with Crippen LogP contribution in [0.3, 0.4) is 0 Å². The smallest absolute Gasteiger partial charge is 0.178 e. The van der Waals surface area contributed by atoms with Crippen molar-refractivity contribution in [2.45, 2.75) is 26.2 Å². The summed E-state index contributed by atoms with van der Waals surface area (Å²) in [5.41, 5.74) is 5.40. The molecule has 0 bridgehead atoms. The average molecular weight is 380 g/mol. The molecule has 2 aromatic carbocycles. The highest BCUT2D eigenvalue weighted by Crippen LogP contribution is 2.25. The zero-order valence-electron chi connectivity index (χ0n) is 16.2. The van der Waals surface area contributed by atoms with E-state index in [4.69, 9.17) is 0 Å². The highest BCUT2D eigenvalue weighted by Gasteiger charge is 2.25. The fraction of sp³-hybridized carbons (Fsp3) is 0.217. The molecular weight excluding hydrogens is 360 g/mol. The van der Waals surface area contributed by atoms with Gasteiger partial charge < -0.3 is 9.80 Å². The summed E-state index contributed by atoms with van der Waals surface area (Å²) in [5, 5.41) is 19.3. The minimum atomic E-state index is 0.226. The van der Waals surface area contributed by atoms with E-state index in [1.54, 1.807) is 13.2 Å². The second-order valence-corrected chi connectivity index (χ2v) is 7.04. The van der Waals surface area contributed by atoms with Crippen LogP contribution in [0.1, 0.15) is 22.3 Å². The first kappa shape index (κ1) is 18.5. The molecule has 2 heterocycles. The van der Waals surface area contributed by atoms with E-state index >= 15 is 0 Å². The van der Waals surface area contributed by atoms with Gasteiger partial charge in [0.05, 0.1) is 0 Å². The Hall–Kier alpha value is -3.90. The second kappa shape index (κ2) is 8.00. The van der Waals surface area contributed by atoms with Crippen molar-refractivity contribution in [2.75, 3.05) is 7.05 Å². The molecule has 0 amide bonds. The zero-order valence-corrected chi connectivity index (χ0v) is 16.2. The predicted octanol–water partition coefficient (Wildman–Crippen LogP) is 3.38. The molecule has 0 unspecified atom stereocenters. The average Bonchev–Trinajstić information content (AvgIpc) is 3.36. The van der Waals surface area contributed by atoms with Crippen molar-refractivity contribution in [1.29, 1.82) is 10.5 Å². The molecule has 0 spiro atoms. The fourth-order valence-electron chi connectivity index (χ4n) is 3.78. The van der Waals surface area contributed by atoms with Gasteiger partial charge in [-0.25, -0.2) is 4.99 Å². The first-order valence-electron chi connectivity index (χ1n) is 9.42. The lowest BCUT2D eigenvalue weighted by Gasteiger charge is -2.19. The van der Waals surface area contributed by atoms with Crippen LogP contribution in [0.15, 0.2) is 70.4 Å². The van der Waals surface area contributed by atoms with E-state index in [1.807, 2.05) is 29.2 Å². The van der Waals surface area contributed by atoms with Gasteiger partial charge in [-0.1, -0.05) is 48.5 Å². The first-order chi connectivity index (χ1) is 14.2. The van der Waals surface area contributed by atoms with Crippen LogP contribution in [0.5, 0.6) is 0 Å². The van der Waals surface area contributed by atoms with Crippen molar-refractivity contribution in [1.82, 2.24) is 9.80 Å². The third-order valence-corrected chi connectivity index (χ3v) is 5.19. The standard InChI is InChI=1S/C23H20N6/c1-26-22(11-25)23(29-14-19-8-4-5-9-20(19)15-29)27-21(10-24)16-28-12-17-6-2-3-7-18(17)13-28/h2-9,16H,12-15H2,1H3/b21-16+,26-22?,27-23?. The largest absolute Gasteiger partial charge is 0.366 e. The molecule has 6 heteroatoms. The summed E-state index contributed by atoms with van der Waals surface area (Å²) in [6.07, 6.45) is 1.77. The lowest BCUT2D eigenvalue weighted by molar-refractivity contribution is 0.396. The zero-order chi connectivity index (χ0) is 20.2. The molecule has 0 aliphatic carbocycles. The Kier molecular flexibility index (Phi) is 5.09. The molecule has 0 aromatic heterocycles. The first-order valence-corrected chi connectivity index (χ1v) is 9.42. The monoisotopic (exact) mass is 380 g/mol. The molecule has 0 saturated heterocycles. The van der Waals surface area contributed by atoms with Crippen molar-refractivity contribution >= 4 is 11.5 Å². The van der Waals surface area contributed by atoms with E-state index in [-0.39, 0.29) is 11.4 Å². The molecule has 2 aliphatic heterocycles. The number of amidine groups is 1. The minimum absolute atomic E-state index is 0.226. The van der Waals surface area contributed by atoms with Gasteiger partial charge in [0.2, 0.25) is 0 Å². The quantitative estimate of drug-likeness (QED) is 0.465. The van der Waals surface area contributed by atoms with Gasteiger partial charge in [-0.05, 0) is 22.3 Å². The van der Waals surface area contributed by atoms with E-state index < -0.39 is 0 Å². The number of nitriles is 2. The van der Waals surface area contributed by atoms with Crippen molar-refractivity contribution in [3.8, 4) is 12.1 Å². The Labute approximate surface area is 170 Å². The number of nitrogens with zero attached hydrogens (tertiary/aromatic N) is 6. The number of fused-ring (bicyclic) bond motifs is 2. The molecule has 29 heavy (non-hydrogen) atoms. The van der Waals surface area contributed by atoms with E-state index in [0.717, 1.165) is 13.1 Å².